The fourth-order valence-electron chi connectivity index (χ4n) is 2.68. The van der Waals surface area contributed by atoms with Crippen molar-refractivity contribution in [1.82, 2.24) is 0 Å². The molecule has 3 aromatic carbocycles. The molecule has 152 valence electrons. The molecule has 0 atom stereocenters. The van der Waals surface area contributed by atoms with E-state index in [2.05, 4.69) is 30.8 Å². The smallest absolute Gasteiger partial charge is 0.343 e. The maximum absolute atomic E-state index is 12.4. The molecule has 5 heteroatoms. The fraction of sp³-hybridized carbons (Fsp3) is 0.120. The first kappa shape index (κ1) is 20.9. The molecule has 0 saturated carbocycles. The highest BCUT2D eigenvalue weighted by Gasteiger charge is 2.09. The molecule has 0 N–H and O–H groups in total. The number of carbonyl (C=O) groups is 2. The summed E-state index contributed by atoms with van der Waals surface area (Å²) >= 11 is 0. The van der Waals surface area contributed by atoms with E-state index in [9.17, 15) is 9.59 Å². The SMILES string of the molecule is C=CC(=O)OCCOc1ccc(C(=O)Oc2ccc(-c3ccc(C)cc3)cc2)cc1. The summed E-state index contributed by atoms with van der Waals surface area (Å²) in [6.07, 6.45) is 1.09. The average molecular weight is 402 g/mol. The van der Waals surface area contributed by atoms with Gasteiger partial charge in [-0.25, -0.2) is 9.59 Å². The van der Waals surface area contributed by atoms with Crippen LogP contribution in [0, 0.1) is 6.92 Å². The lowest BCUT2D eigenvalue weighted by atomic mass is 10.0. The van der Waals surface area contributed by atoms with Crippen molar-refractivity contribution in [2.75, 3.05) is 13.2 Å². The van der Waals surface area contributed by atoms with Gasteiger partial charge < -0.3 is 14.2 Å². The molecule has 0 unspecified atom stereocenters. The number of ether oxygens (including phenoxy) is 3. The van der Waals surface area contributed by atoms with Crippen LogP contribution in [0.5, 0.6) is 11.5 Å². The van der Waals surface area contributed by atoms with Gasteiger partial charge >= 0.3 is 11.9 Å². The number of hydrogen-bond acceptors (Lipinski definition) is 5. The summed E-state index contributed by atoms with van der Waals surface area (Å²) in [4.78, 5) is 23.3. The van der Waals surface area contributed by atoms with E-state index >= 15 is 0 Å². The van der Waals surface area contributed by atoms with Crippen molar-refractivity contribution in [1.29, 1.82) is 0 Å². The predicted octanol–water partition coefficient (Wildman–Crippen LogP) is 4.99. The number of benzene rings is 3. The van der Waals surface area contributed by atoms with E-state index < -0.39 is 11.9 Å². The molecule has 0 radical (unpaired) electrons. The first-order valence-corrected chi connectivity index (χ1v) is 9.46. The molecule has 0 bridgehead atoms. The van der Waals surface area contributed by atoms with Crippen LogP contribution in [0.4, 0.5) is 0 Å². The maximum atomic E-state index is 12.4. The van der Waals surface area contributed by atoms with Crippen molar-refractivity contribution in [3.63, 3.8) is 0 Å². The van der Waals surface area contributed by atoms with Crippen LogP contribution in [0.25, 0.3) is 11.1 Å². The molecule has 0 spiro atoms. The van der Waals surface area contributed by atoms with Crippen LogP contribution in [0.15, 0.2) is 85.5 Å². The zero-order chi connectivity index (χ0) is 21.3. The van der Waals surface area contributed by atoms with Crippen LogP contribution < -0.4 is 9.47 Å². The Bertz CT molecular complexity index is 1000. The molecular formula is C25H22O5. The molecule has 0 saturated heterocycles. The summed E-state index contributed by atoms with van der Waals surface area (Å²) in [5.74, 6) is 0.0806. The Morgan fingerprint density at radius 1 is 0.800 bits per heavy atom. The largest absolute Gasteiger partial charge is 0.490 e. The summed E-state index contributed by atoms with van der Waals surface area (Å²) in [6, 6.07) is 22.2. The molecule has 5 nitrogen and oxygen atoms in total. The Morgan fingerprint density at radius 3 is 1.97 bits per heavy atom. The molecule has 0 aliphatic carbocycles. The van der Waals surface area contributed by atoms with Gasteiger partial charge in [-0.1, -0.05) is 48.5 Å². The second-order valence-corrected chi connectivity index (χ2v) is 6.52. The van der Waals surface area contributed by atoms with Gasteiger partial charge in [-0.15, -0.1) is 0 Å². The van der Waals surface area contributed by atoms with Gasteiger partial charge in [0.1, 0.15) is 24.7 Å². The molecule has 0 aliphatic heterocycles. The zero-order valence-corrected chi connectivity index (χ0v) is 16.7. The van der Waals surface area contributed by atoms with E-state index in [4.69, 9.17) is 14.2 Å². The minimum atomic E-state index is -0.497. The Balaban J connectivity index is 1.53. The van der Waals surface area contributed by atoms with E-state index in [1.165, 1.54) is 5.56 Å². The summed E-state index contributed by atoms with van der Waals surface area (Å²) in [5, 5.41) is 0. The maximum Gasteiger partial charge on any atom is 0.343 e. The highest BCUT2D eigenvalue weighted by Crippen LogP contribution is 2.23. The number of esters is 2. The highest BCUT2D eigenvalue weighted by atomic mass is 16.6. The van der Waals surface area contributed by atoms with Crippen molar-refractivity contribution in [2.45, 2.75) is 6.92 Å². The fourth-order valence-corrected chi connectivity index (χ4v) is 2.68. The topological polar surface area (TPSA) is 61.8 Å². The second kappa shape index (κ2) is 10.1. The van der Waals surface area contributed by atoms with Crippen LogP contribution in [-0.4, -0.2) is 25.2 Å². The van der Waals surface area contributed by atoms with E-state index in [0.717, 1.165) is 17.2 Å². The van der Waals surface area contributed by atoms with Crippen molar-refractivity contribution < 1.29 is 23.8 Å². The van der Waals surface area contributed by atoms with Gasteiger partial charge in [0, 0.05) is 6.08 Å². The third-order valence-electron chi connectivity index (χ3n) is 4.30. The van der Waals surface area contributed by atoms with Gasteiger partial charge in [0.2, 0.25) is 0 Å². The lowest BCUT2D eigenvalue weighted by molar-refractivity contribution is -0.138. The summed E-state index contributed by atoms with van der Waals surface area (Å²) < 4.78 is 15.7. The third kappa shape index (κ3) is 5.82. The lowest BCUT2D eigenvalue weighted by Crippen LogP contribution is -2.11. The van der Waals surface area contributed by atoms with Crippen molar-refractivity contribution in [2.24, 2.45) is 0 Å². The molecule has 30 heavy (non-hydrogen) atoms. The van der Waals surface area contributed by atoms with Gasteiger partial charge in [-0.2, -0.15) is 0 Å². The van der Waals surface area contributed by atoms with E-state index in [1.54, 1.807) is 36.4 Å². The van der Waals surface area contributed by atoms with Crippen LogP contribution in [0.1, 0.15) is 15.9 Å². The average Bonchev–Trinajstić information content (AvgIpc) is 2.78. The molecule has 0 aromatic heterocycles. The number of rotatable bonds is 8. The minimum Gasteiger partial charge on any atom is -0.490 e. The second-order valence-electron chi connectivity index (χ2n) is 6.52. The van der Waals surface area contributed by atoms with Gasteiger partial charge in [0.25, 0.3) is 0 Å². The molecule has 0 fully saturated rings. The van der Waals surface area contributed by atoms with Gasteiger partial charge in [0.15, 0.2) is 0 Å². The molecule has 0 heterocycles. The lowest BCUT2D eigenvalue weighted by Gasteiger charge is -2.08. The van der Waals surface area contributed by atoms with E-state index in [1.807, 2.05) is 19.1 Å². The summed E-state index contributed by atoms with van der Waals surface area (Å²) in [5.41, 5.74) is 3.77. The Kier molecular flexibility index (Phi) is 7.00. The number of hydrogen-bond donors (Lipinski definition) is 0. The quantitative estimate of drug-likeness (QED) is 0.230. The van der Waals surface area contributed by atoms with Crippen LogP contribution in [0.2, 0.25) is 0 Å². The summed E-state index contributed by atoms with van der Waals surface area (Å²) in [7, 11) is 0. The Hall–Kier alpha value is -3.86. The monoisotopic (exact) mass is 402 g/mol. The van der Waals surface area contributed by atoms with Crippen LogP contribution in [-0.2, 0) is 9.53 Å². The Labute approximate surface area is 175 Å². The first-order chi connectivity index (χ1) is 14.5. The van der Waals surface area contributed by atoms with Crippen LogP contribution in [0.3, 0.4) is 0 Å². The molecular weight excluding hydrogens is 380 g/mol. The Morgan fingerprint density at radius 2 is 1.37 bits per heavy atom. The van der Waals surface area contributed by atoms with Crippen molar-refractivity contribution in [3.8, 4) is 22.6 Å². The van der Waals surface area contributed by atoms with Crippen molar-refractivity contribution >= 4 is 11.9 Å². The van der Waals surface area contributed by atoms with E-state index in [-0.39, 0.29) is 13.2 Å². The van der Waals surface area contributed by atoms with Gasteiger partial charge in [-0.3, -0.25) is 0 Å². The molecule has 3 rings (SSSR count). The summed E-state index contributed by atoms with van der Waals surface area (Å²) in [6.45, 7) is 5.69. The normalized spacial score (nSPS) is 10.2. The molecule has 0 aliphatic rings. The van der Waals surface area contributed by atoms with Gasteiger partial charge in [0.05, 0.1) is 5.56 Å². The molecule has 3 aromatic rings. The number of carbonyl (C=O) groups excluding carboxylic acids is 2. The molecule has 0 amide bonds. The first-order valence-electron chi connectivity index (χ1n) is 9.46. The van der Waals surface area contributed by atoms with Crippen LogP contribution >= 0.6 is 0 Å². The van der Waals surface area contributed by atoms with E-state index in [0.29, 0.717) is 17.1 Å². The minimum absolute atomic E-state index is 0.118. The van der Waals surface area contributed by atoms with Crippen molar-refractivity contribution in [3.05, 3.63) is 96.6 Å². The predicted molar refractivity (Wildman–Crippen MR) is 115 cm³/mol. The van der Waals surface area contributed by atoms with Gasteiger partial charge in [-0.05, 0) is 54.4 Å². The third-order valence-corrected chi connectivity index (χ3v) is 4.30. The zero-order valence-electron chi connectivity index (χ0n) is 16.7. The number of aryl methyl sites for hydroxylation is 1. The standard InChI is InChI=1S/C25H22O5/c1-3-24(26)29-17-16-28-22-12-10-21(11-13-22)25(27)30-23-14-8-20(9-15-23)19-6-4-18(2)5-7-19/h3-15H,1,16-17H2,2H3. The highest BCUT2D eigenvalue weighted by molar-refractivity contribution is 5.91.